The van der Waals surface area contributed by atoms with Crippen LogP contribution in [0.25, 0.3) is 0 Å². The highest BCUT2D eigenvalue weighted by Crippen LogP contribution is 2.30. The lowest BCUT2D eigenvalue weighted by molar-refractivity contribution is 0.0658. The lowest BCUT2D eigenvalue weighted by Gasteiger charge is -2.38. The van der Waals surface area contributed by atoms with Crippen molar-refractivity contribution in [2.75, 3.05) is 19.3 Å². The van der Waals surface area contributed by atoms with Gasteiger partial charge in [0.15, 0.2) is 9.84 Å². The Hall–Kier alpha value is -1.36. The maximum absolute atomic E-state index is 12.5. The molecule has 1 aromatic rings. The minimum atomic E-state index is -3.03. The number of nitrogens with zero attached hydrogens (tertiary/aromatic N) is 1. The SMILES string of the molecule is Cc1ccc(C(=O)N2CC(S(C)(=O)=O)C2)c2c1CCC2. The van der Waals surface area contributed by atoms with E-state index in [4.69, 9.17) is 0 Å². The van der Waals surface area contributed by atoms with E-state index < -0.39 is 9.84 Å². The van der Waals surface area contributed by atoms with Gasteiger partial charge < -0.3 is 4.90 Å². The number of rotatable bonds is 2. The van der Waals surface area contributed by atoms with Crippen LogP contribution in [0, 0.1) is 6.92 Å². The molecule has 2 aliphatic rings. The van der Waals surface area contributed by atoms with Crippen molar-refractivity contribution in [3.63, 3.8) is 0 Å². The van der Waals surface area contributed by atoms with Crippen LogP contribution in [-0.2, 0) is 22.7 Å². The van der Waals surface area contributed by atoms with E-state index in [0.717, 1.165) is 24.8 Å². The van der Waals surface area contributed by atoms with E-state index in [1.807, 2.05) is 12.1 Å². The molecule has 0 radical (unpaired) electrons. The number of carbonyl (C=O) groups is 1. The molecule has 1 fully saturated rings. The number of aryl methyl sites for hydroxylation is 1. The fourth-order valence-electron chi connectivity index (χ4n) is 3.13. The van der Waals surface area contributed by atoms with Gasteiger partial charge >= 0.3 is 0 Å². The largest absolute Gasteiger partial charge is 0.336 e. The van der Waals surface area contributed by atoms with Gasteiger partial charge in [0.25, 0.3) is 5.91 Å². The monoisotopic (exact) mass is 293 g/mol. The van der Waals surface area contributed by atoms with Gasteiger partial charge in [-0.05, 0) is 48.9 Å². The molecule has 1 aliphatic heterocycles. The number of carbonyl (C=O) groups excluding carboxylic acids is 1. The fraction of sp³-hybridized carbons (Fsp3) is 0.533. The number of hydrogen-bond donors (Lipinski definition) is 0. The summed E-state index contributed by atoms with van der Waals surface area (Å²) in [6.45, 7) is 2.75. The molecule has 108 valence electrons. The third-order valence-corrected chi connectivity index (χ3v) is 6.00. The number of hydrogen-bond acceptors (Lipinski definition) is 3. The first-order chi connectivity index (χ1) is 9.38. The minimum absolute atomic E-state index is 0.0111. The van der Waals surface area contributed by atoms with Gasteiger partial charge in [-0.15, -0.1) is 0 Å². The molecular formula is C15H19NO3S. The standard InChI is InChI=1S/C15H19NO3S/c1-10-6-7-14(13-5-3-4-12(10)13)15(17)16-8-11(9-16)20(2,18)19/h6-7,11H,3-5,8-9H2,1-2H3. The highest BCUT2D eigenvalue weighted by Gasteiger charge is 2.38. The normalized spacial score (nSPS) is 18.8. The Morgan fingerprint density at radius 2 is 1.85 bits per heavy atom. The predicted molar refractivity (Wildman–Crippen MR) is 77.7 cm³/mol. The summed E-state index contributed by atoms with van der Waals surface area (Å²) in [5.41, 5.74) is 4.52. The number of fused-ring (bicyclic) bond motifs is 1. The third kappa shape index (κ3) is 2.14. The van der Waals surface area contributed by atoms with Gasteiger partial charge in [0, 0.05) is 24.9 Å². The second-order valence-corrected chi connectivity index (χ2v) is 8.23. The Bertz CT molecular complexity index is 673. The summed E-state index contributed by atoms with van der Waals surface area (Å²) in [7, 11) is -3.03. The van der Waals surface area contributed by atoms with E-state index in [-0.39, 0.29) is 11.2 Å². The van der Waals surface area contributed by atoms with Gasteiger partial charge in [-0.2, -0.15) is 0 Å². The Balaban J connectivity index is 1.82. The molecule has 20 heavy (non-hydrogen) atoms. The van der Waals surface area contributed by atoms with Crippen molar-refractivity contribution in [3.05, 3.63) is 34.4 Å². The smallest absolute Gasteiger partial charge is 0.254 e. The number of amides is 1. The van der Waals surface area contributed by atoms with E-state index in [1.165, 1.54) is 22.9 Å². The van der Waals surface area contributed by atoms with Crippen molar-refractivity contribution in [2.24, 2.45) is 0 Å². The predicted octanol–water partition coefficient (Wildman–Crippen LogP) is 1.35. The van der Waals surface area contributed by atoms with E-state index in [0.29, 0.717) is 13.1 Å². The van der Waals surface area contributed by atoms with Crippen LogP contribution >= 0.6 is 0 Å². The first kappa shape index (κ1) is 13.6. The van der Waals surface area contributed by atoms with Crippen molar-refractivity contribution in [1.82, 2.24) is 4.90 Å². The second kappa shape index (κ2) is 4.58. The first-order valence-corrected chi connectivity index (χ1v) is 8.93. The van der Waals surface area contributed by atoms with Gasteiger partial charge in [0.1, 0.15) is 0 Å². The Morgan fingerprint density at radius 3 is 2.50 bits per heavy atom. The van der Waals surface area contributed by atoms with Crippen molar-refractivity contribution in [1.29, 1.82) is 0 Å². The van der Waals surface area contributed by atoms with Crippen LogP contribution in [0.5, 0.6) is 0 Å². The zero-order chi connectivity index (χ0) is 14.5. The van der Waals surface area contributed by atoms with Crippen LogP contribution in [-0.4, -0.2) is 43.8 Å². The molecule has 0 N–H and O–H groups in total. The summed E-state index contributed by atoms with van der Waals surface area (Å²) in [4.78, 5) is 14.1. The average molecular weight is 293 g/mol. The molecule has 1 aromatic carbocycles. The van der Waals surface area contributed by atoms with Crippen LogP contribution < -0.4 is 0 Å². The molecule has 1 amide bonds. The molecule has 0 aromatic heterocycles. The first-order valence-electron chi connectivity index (χ1n) is 6.97. The van der Waals surface area contributed by atoms with E-state index in [9.17, 15) is 13.2 Å². The molecule has 0 saturated carbocycles. The summed E-state index contributed by atoms with van der Waals surface area (Å²) in [6.07, 6.45) is 4.35. The Morgan fingerprint density at radius 1 is 1.20 bits per heavy atom. The molecule has 0 bridgehead atoms. The van der Waals surface area contributed by atoms with Gasteiger partial charge in [-0.1, -0.05) is 6.07 Å². The summed E-state index contributed by atoms with van der Waals surface area (Å²) in [5, 5.41) is -0.384. The molecule has 1 aliphatic carbocycles. The van der Waals surface area contributed by atoms with Gasteiger partial charge in [-0.3, -0.25) is 4.79 Å². The summed E-state index contributed by atoms with van der Waals surface area (Å²) in [6, 6.07) is 3.90. The highest BCUT2D eigenvalue weighted by molar-refractivity contribution is 7.91. The van der Waals surface area contributed by atoms with E-state index in [1.54, 1.807) is 4.90 Å². The topological polar surface area (TPSA) is 54.5 Å². The van der Waals surface area contributed by atoms with Crippen molar-refractivity contribution in [3.8, 4) is 0 Å². The number of sulfone groups is 1. The van der Waals surface area contributed by atoms with Crippen molar-refractivity contribution in [2.45, 2.75) is 31.4 Å². The maximum atomic E-state index is 12.5. The van der Waals surface area contributed by atoms with Crippen LogP contribution in [0.2, 0.25) is 0 Å². The van der Waals surface area contributed by atoms with Crippen molar-refractivity contribution >= 4 is 15.7 Å². The second-order valence-electron chi connectivity index (χ2n) is 5.90. The Labute approximate surface area is 119 Å². The molecule has 0 spiro atoms. The van der Waals surface area contributed by atoms with E-state index >= 15 is 0 Å². The molecule has 3 rings (SSSR count). The fourth-order valence-corrected chi connectivity index (χ4v) is 4.03. The molecule has 0 unspecified atom stereocenters. The average Bonchev–Trinajstić information content (AvgIpc) is 2.74. The minimum Gasteiger partial charge on any atom is -0.336 e. The Kier molecular flexibility index (Phi) is 3.12. The molecule has 1 saturated heterocycles. The zero-order valence-electron chi connectivity index (χ0n) is 11.8. The van der Waals surface area contributed by atoms with Crippen LogP contribution in [0.15, 0.2) is 12.1 Å². The number of benzene rings is 1. The quantitative estimate of drug-likeness (QED) is 0.827. The van der Waals surface area contributed by atoms with Gasteiger partial charge in [0.2, 0.25) is 0 Å². The lowest BCUT2D eigenvalue weighted by atomic mass is 9.97. The van der Waals surface area contributed by atoms with Crippen LogP contribution in [0.4, 0.5) is 0 Å². The summed E-state index contributed by atoms with van der Waals surface area (Å²) in [5.74, 6) is -0.0111. The van der Waals surface area contributed by atoms with Crippen LogP contribution in [0.3, 0.4) is 0 Å². The van der Waals surface area contributed by atoms with Crippen molar-refractivity contribution < 1.29 is 13.2 Å². The van der Waals surface area contributed by atoms with Crippen LogP contribution in [0.1, 0.15) is 33.5 Å². The third-order valence-electron chi connectivity index (χ3n) is 4.49. The maximum Gasteiger partial charge on any atom is 0.254 e. The highest BCUT2D eigenvalue weighted by atomic mass is 32.2. The van der Waals surface area contributed by atoms with E-state index in [2.05, 4.69) is 6.92 Å². The zero-order valence-corrected chi connectivity index (χ0v) is 12.7. The molecule has 4 nitrogen and oxygen atoms in total. The summed E-state index contributed by atoms with van der Waals surface area (Å²) < 4.78 is 22.8. The molecule has 0 atom stereocenters. The van der Waals surface area contributed by atoms with Gasteiger partial charge in [0.05, 0.1) is 5.25 Å². The molecule has 5 heteroatoms. The lowest BCUT2D eigenvalue weighted by Crippen LogP contribution is -2.56. The molecule has 1 heterocycles. The number of likely N-dealkylation sites (tertiary alicyclic amines) is 1. The molecular weight excluding hydrogens is 274 g/mol. The van der Waals surface area contributed by atoms with Gasteiger partial charge in [-0.25, -0.2) is 8.42 Å². The summed E-state index contributed by atoms with van der Waals surface area (Å²) >= 11 is 0.